The Morgan fingerprint density at radius 3 is 2.67 bits per heavy atom. The van der Waals surface area contributed by atoms with Crippen molar-refractivity contribution < 1.29 is 19.4 Å². The van der Waals surface area contributed by atoms with Gasteiger partial charge in [-0.2, -0.15) is 0 Å². The number of carbonyl (C=O) groups is 2. The molecular weight excluding hydrogens is 358 g/mol. The van der Waals surface area contributed by atoms with Gasteiger partial charge in [0.15, 0.2) is 0 Å². The number of rotatable bonds is 6. The average molecular weight is 376 g/mol. The number of aliphatic carboxylic acids is 1. The normalized spacial score (nSPS) is 17.4. The van der Waals surface area contributed by atoms with Gasteiger partial charge in [-0.3, -0.25) is 4.79 Å². The molecular formula is C14H18BrNO4S. The Balaban J connectivity index is 1.81. The van der Waals surface area contributed by atoms with E-state index in [2.05, 4.69) is 21.2 Å². The van der Waals surface area contributed by atoms with Gasteiger partial charge in [0.25, 0.3) is 0 Å². The summed E-state index contributed by atoms with van der Waals surface area (Å²) in [5.41, 5.74) is -1.15. The lowest BCUT2D eigenvalue weighted by molar-refractivity contribution is -0.152. The second-order valence-electron chi connectivity index (χ2n) is 5.11. The average Bonchev–Trinajstić information content (AvgIpc) is 2.85. The van der Waals surface area contributed by atoms with E-state index in [-0.39, 0.29) is 5.91 Å². The van der Waals surface area contributed by atoms with Crippen LogP contribution in [0.5, 0.6) is 0 Å². The van der Waals surface area contributed by atoms with E-state index in [1.807, 2.05) is 12.1 Å². The molecule has 0 bridgehead atoms. The van der Waals surface area contributed by atoms with Crippen LogP contribution in [0, 0.1) is 0 Å². The highest BCUT2D eigenvalue weighted by Crippen LogP contribution is 2.24. The highest BCUT2D eigenvalue weighted by atomic mass is 79.9. The maximum Gasteiger partial charge on any atom is 0.329 e. The zero-order chi connectivity index (χ0) is 15.3. The molecule has 2 heterocycles. The summed E-state index contributed by atoms with van der Waals surface area (Å²) in [4.78, 5) is 24.6. The van der Waals surface area contributed by atoms with E-state index in [0.29, 0.717) is 38.9 Å². The van der Waals surface area contributed by atoms with Crippen LogP contribution >= 0.6 is 27.3 Å². The van der Waals surface area contributed by atoms with Crippen molar-refractivity contribution in [1.29, 1.82) is 0 Å². The molecule has 116 valence electrons. The molecule has 0 radical (unpaired) electrons. The molecule has 1 aliphatic heterocycles. The summed E-state index contributed by atoms with van der Waals surface area (Å²) in [6.07, 6.45) is 2.53. The lowest BCUT2D eigenvalue weighted by Crippen LogP contribution is -2.57. The molecule has 0 saturated carbocycles. The summed E-state index contributed by atoms with van der Waals surface area (Å²) >= 11 is 5.06. The predicted octanol–water partition coefficient (Wildman–Crippen LogP) is 2.58. The zero-order valence-corrected chi connectivity index (χ0v) is 14.0. The van der Waals surface area contributed by atoms with Crippen LogP contribution in [0.15, 0.2) is 15.9 Å². The molecule has 0 unspecified atom stereocenters. The van der Waals surface area contributed by atoms with Crippen molar-refractivity contribution in [2.45, 2.75) is 37.6 Å². The minimum atomic E-state index is -1.15. The summed E-state index contributed by atoms with van der Waals surface area (Å²) in [5, 5.41) is 12.1. The van der Waals surface area contributed by atoms with Crippen molar-refractivity contribution in [1.82, 2.24) is 5.32 Å². The van der Waals surface area contributed by atoms with Gasteiger partial charge in [-0.1, -0.05) is 0 Å². The topological polar surface area (TPSA) is 75.6 Å². The number of carbonyl (C=O) groups excluding carboxylic acids is 1. The molecule has 1 aliphatic rings. The van der Waals surface area contributed by atoms with Gasteiger partial charge in [0.2, 0.25) is 5.91 Å². The van der Waals surface area contributed by atoms with Gasteiger partial charge in [-0.05, 0) is 40.9 Å². The van der Waals surface area contributed by atoms with Crippen molar-refractivity contribution in [2.24, 2.45) is 0 Å². The number of carboxylic acid groups (broad SMARTS) is 1. The molecule has 5 nitrogen and oxygen atoms in total. The summed E-state index contributed by atoms with van der Waals surface area (Å²) < 4.78 is 6.26. The Hall–Kier alpha value is -0.920. The summed E-state index contributed by atoms with van der Waals surface area (Å²) in [7, 11) is 0. The highest BCUT2D eigenvalue weighted by Gasteiger charge is 2.41. The molecule has 0 spiro atoms. The van der Waals surface area contributed by atoms with Crippen molar-refractivity contribution in [3.63, 3.8) is 0 Å². The SMILES string of the molecule is O=C(CCCc1ccc(Br)s1)NC1(C(=O)O)CCOCC1. The van der Waals surface area contributed by atoms with Gasteiger partial charge in [0, 0.05) is 37.4 Å². The molecule has 1 aromatic rings. The maximum atomic E-state index is 12.0. The van der Waals surface area contributed by atoms with E-state index >= 15 is 0 Å². The van der Waals surface area contributed by atoms with Gasteiger partial charge in [0.05, 0.1) is 3.79 Å². The first-order valence-corrected chi connectivity index (χ1v) is 8.49. The third kappa shape index (κ3) is 4.52. The lowest BCUT2D eigenvalue weighted by atomic mass is 9.90. The molecule has 1 amide bonds. The van der Waals surface area contributed by atoms with Crippen LogP contribution in [0.4, 0.5) is 0 Å². The molecule has 21 heavy (non-hydrogen) atoms. The molecule has 0 aromatic carbocycles. The molecule has 1 saturated heterocycles. The number of amides is 1. The molecule has 7 heteroatoms. The minimum Gasteiger partial charge on any atom is -0.480 e. The number of hydrogen-bond donors (Lipinski definition) is 2. The van der Waals surface area contributed by atoms with Crippen LogP contribution in [-0.4, -0.2) is 35.7 Å². The fraction of sp³-hybridized carbons (Fsp3) is 0.571. The van der Waals surface area contributed by atoms with E-state index in [4.69, 9.17) is 4.74 Å². The van der Waals surface area contributed by atoms with Gasteiger partial charge < -0.3 is 15.2 Å². The van der Waals surface area contributed by atoms with E-state index in [0.717, 1.165) is 10.2 Å². The smallest absolute Gasteiger partial charge is 0.329 e. The van der Waals surface area contributed by atoms with Gasteiger partial charge in [-0.15, -0.1) is 11.3 Å². The lowest BCUT2D eigenvalue weighted by Gasteiger charge is -2.33. The zero-order valence-electron chi connectivity index (χ0n) is 11.6. The molecule has 2 rings (SSSR count). The Morgan fingerprint density at radius 1 is 1.38 bits per heavy atom. The van der Waals surface area contributed by atoms with Crippen molar-refractivity contribution in [3.05, 3.63) is 20.8 Å². The van der Waals surface area contributed by atoms with Crippen LogP contribution in [0.3, 0.4) is 0 Å². The van der Waals surface area contributed by atoms with E-state index in [9.17, 15) is 14.7 Å². The fourth-order valence-electron chi connectivity index (χ4n) is 2.35. The van der Waals surface area contributed by atoms with Crippen LogP contribution < -0.4 is 5.32 Å². The third-order valence-electron chi connectivity index (χ3n) is 3.59. The van der Waals surface area contributed by atoms with E-state index < -0.39 is 11.5 Å². The van der Waals surface area contributed by atoms with E-state index in [1.165, 1.54) is 4.88 Å². The maximum absolute atomic E-state index is 12.0. The minimum absolute atomic E-state index is 0.199. The van der Waals surface area contributed by atoms with Crippen LogP contribution in [0.2, 0.25) is 0 Å². The van der Waals surface area contributed by atoms with Crippen molar-refractivity contribution in [2.75, 3.05) is 13.2 Å². The predicted molar refractivity (Wildman–Crippen MR) is 83.5 cm³/mol. The fourth-order valence-corrected chi connectivity index (χ4v) is 3.88. The van der Waals surface area contributed by atoms with E-state index in [1.54, 1.807) is 11.3 Å². The standard InChI is InChI=1S/C14H18BrNO4S/c15-11-5-4-10(21-11)2-1-3-12(17)16-14(13(18)19)6-8-20-9-7-14/h4-5H,1-3,6-9H2,(H,16,17)(H,18,19). The summed E-state index contributed by atoms with van der Waals surface area (Å²) in [6, 6.07) is 4.02. The second-order valence-corrected chi connectivity index (χ2v) is 7.65. The van der Waals surface area contributed by atoms with Gasteiger partial charge in [-0.25, -0.2) is 4.79 Å². The van der Waals surface area contributed by atoms with Gasteiger partial charge in [0.1, 0.15) is 5.54 Å². The molecule has 2 N–H and O–H groups in total. The third-order valence-corrected chi connectivity index (χ3v) is 5.27. The second kappa shape index (κ2) is 7.38. The summed E-state index contributed by atoms with van der Waals surface area (Å²) in [6.45, 7) is 0.742. The van der Waals surface area contributed by atoms with Crippen LogP contribution in [0.25, 0.3) is 0 Å². The Bertz CT molecular complexity index is 511. The first kappa shape index (κ1) is 16.5. The first-order valence-electron chi connectivity index (χ1n) is 6.88. The number of thiophene rings is 1. The quantitative estimate of drug-likeness (QED) is 0.800. The number of halogens is 1. The summed E-state index contributed by atoms with van der Waals surface area (Å²) in [5.74, 6) is -1.17. The molecule has 1 aromatic heterocycles. The number of nitrogens with one attached hydrogen (secondary N) is 1. The number of carboxylic acids is 1. The Morgan fingerprint density at radius 2 is 2.10 bits per heavy atom. The van der Waals surface area contributed by atoms with Gasteiger partial charge >= 0.3 is 5.97 Å². The largest absolute Gasteiger partial charge is 0.480 e. The monoisotopic (exact) mass is 375 g/mol. The van der Waals surface area contributed by atoms with Crippen LogP contribution in [0.1, 0.15) is 30.6 Å². The number of aryl methyl sites for hydroxylation is 1. The van der Waals surface area contributed by atoms with Crippen molar-refractivity contribution in [3.8, 4) is 0 Å². The Labute approximate surface area is 135 Å². The Kier molecular flexibility index (Phi) is 5.78. The van der Waals surface area contributed by atoms with Crippen LogP contribution in [-0.2, 0) is 20.7 Å². The van der Waals surface area contributed by atoms with Crippen molar-refractivity contribution >= 4 is 39.1 Å². The molecule has 1 fully saturated rings. The number of ether oxygens (including phenoxy) is 1. The highest BCUT2D eigenvalue weighted by molar-refractivity contribution is 9.11. The number of hydrogen-bond acceptors (Lipinski definition) is 4. The molecule has 0 aliphatic carbocycles. The molecule has 0 atom stereocenters. The first-order chi connectivity index (χ1) is 10.0.